The van der Waals surface area contributed by atoms with Crippen molar-refractivity contribution in [1.29, 1.82) is 0 Å². The Morgan fingerprint density at radius 3 is 2.51 bits per heavy atom. The Morgan fingerprint density at radius 2 is 1.81 bits per heavy atom. The topological polar surface area (TPSA) is 179 Å². The van der Waals surface area contributed by atoms with E-state index in [-0.39, 0.29) is 34.1 Å². The molecule has 4 heterocycles. The molecule has 0 radical (unpaired) electrons. The van der Waals surface area contributed by atoms with E-state index < -0.39 is 16.2 Å². The Bertz CT molecular complexity index is 1730. The molecule has 1 aliphatic heterocycles. The van der Waals surface area contributed by atoms with Gasteiger partial charge >= 0.3 is 16.2 Å². The number of thiazole rings is 1. The summed E-state index contributed by atoms with van der Waals surface area (Å²) in [5, 5.41) is 12.4. The lowest BCUT2D eigenvalue weighted by molar-refractivity contribution is 0.0700. The molecule has 4 aromatic rings. The van der Waals surface area contributed by atoms with Crippen molar-refractivity contribution in [3.8, 4) is 11.4 Å². The Hall–Kier alpha value is -4.08. The van der Waals surface area contributed by atoms with E-state index in [2.05, 4.69) is 27.6 Å². The van der Waals surface area contributed by atoms with Crippen molar-refractivity contribution < 1.29 is 27.7 Å². The van der Waals surface area contributed by atoms with Crippen LogP contribution in [0.15, 0.2) is 53.0 Å². The number of aromatic nitrogens is 4. The zero-order valence-electron chi connectivity index (χ0n) is 23.7. The van der Waals surface area contributed by atoms with Gasteiger partial charge in [0, 0.05) is 42.8 Å². The number of nitrogens with one attached hydrogen (secondary N) is 2. The van der Waals surface area contributed by atoms with Crippen LogP contribution in [0.25, 0.3) is 16.2 Å². The van der Waals surface area contributed by atoms with E-state index in [4.69, 9.17) is 9.17 Å². The molecule has 4 N–H and O–H groups in total. The summed E-state index contributed by atoms with van der Waals surface area (Å²) < 4.78 is 31.4. The molecule has 1 aliphatic carbocycles. The number of likely N-dealkylation sites (tertiary alicyclic amines) is 1. The molecule has 228 valence electrons. The van der Waals surface area contributed by atoms with Gasteiger partial charge in [0.05, 0.1) is 11.8 Å². The highest BCUT2D eigenvalue weighted by molar-refractivity contribution is 7.87. The number of fused-ring (bicyclic) bond motifs is 1. The van der Waals surface area contributed by atoms with Crippen LogP contribution in [0, 0.1) is 12.8 Å². The molecule has 15 heteroatoms. The quantitative estimate of drug-likeness (QED) is 0.277. The molecule has 1 saturated carbocycles. The van der Waals surface area contributed by atoms with Gasteiger partial charge in [-0.2, -0.15) is 13.5 Å². The maximum absolute atomic E-state index is 13.6. The van der Waals surface area contributed by atoms with Gasteiger partial charge in [0.25, 0.3) is 5.91 Å². The fourth-order valence-electron chi connectivity index (χ4n) is 5.01. The second kappa shape index (κ2) is 12.3. The number of carbonyl (C=O) groups excluding carboxylic acids is 2. The minimum absolute atomic E-state index is 0. The van der Waals surface area contributed by atoms with Gasteiger partial charge in [-0.1, -0.05) is 17.7 Å². The van der Waals surface area contributed by atoms with E-state index in [0.717, 1.165) is 16.0 Å². The summed E-state index contributed by atoms with van der Waals surface area (Å²) in [7, 11) is -4.24. The van der Waals surface area contributed by atoms with Crippen LogP contribution >= 0.6 is 11.3 Å². The van der Waals surface area contributed by atoms with Gasteiger partial charge in [-0.3, -0.25) is 4.79 Å². The number of amides is 2. The minimum Gasteiger partial charge on any atom is -0.412 e. The van der Waals surface area contributed by atoms with E-state index in [1.165, 1.54) is 36.3 Å². The van der Waals surface area contributed by atoms with Gasteiger partial charge in [0.15, 0.2) is 5.82 Å². The van der Waals surface area contributed by atoms with Crippen LogP contribution in [0.3, 0.4) is 0 Å². The molecule has 2 fully saturated rings. The molecule has 13 nitrogen and oxygen atoms in total. The third-order valence-corrected chi connectivity index (χ3v) is 9.73. The number of nitrogens with zero attached hydrogens (tertiary/aromatic N) is 5. The highest BCUT2D eigenvalue weighted by Gasteiger charge is 2.30. The lowest BCUT2D eigenvalue weighted by atomic mass is 10.0. The Balaban J connectivity index is 0.00000368. The van der Waals surface area contributed by atoms with Crippen molar-refractivity contribution in [2.24, 2.45) is 5.92 Å². The summed E-state index contributed by atoms with van der Waals surface area (Å²) in [6.45, 7) is 4.67. The molecular weight excluding hydrogens is 594 g/mol. The number of carbonyl (C=O) groups is 2. The number of hydrogen-bond donors (Lipinski definition) is 2. The lowest BCUT2D eigenvalue weighted by Crippen LogP contribution is -2.47. The summed E-state index contributed by atoms with van der Waals surface area (Å²) >= 11 is 1.52. The molecule has 3 aromatic heterocycles. The van der Waals surface area contributed by atoms with E-state index in [1.54, 1.807) is 33.8 Å². The van der Waals surface area contributed by atoms with Crippen molar-refractivity contribution in [3.63, 3.8) is 0 Å². The van der Waals surface area contributed by atoms with E-state index in [0.29, 0.717) is 43.5 Å². The zero-order valence-corrected chi connectivity index (χ0v) is 25.3. The van der Waals surface area contributed by atoms with E-state index in [1.807, 2.05) is 18.5 Å². The second-order valence-electron chi connectivity index (χ2n) is 10.8. The molecule has 6 rings (SSSR count). The maximum atomic E-state index is 13.6. The number of benzene rings is 1. The normalized spacial score (nSPS) is 16.4. The zero-order chi connectivity index (χ0) is 29.4. The fraction of sp³-hybridized carbons (Fsp3) is 0.393. The van der Waals surface area contributed by atoms with Gasteiger partial charge in [0.2, 0.25) is 0 Å². The molecular formula is C28H33N7O6S2. The highest BCUT2D eigenvalue weighted by Crippen LogP contribution is 2.34. The lowest BCUT2D eigenvalue weighted by Gasteiger charge is -2.32. The SMILES string of the molecule is Cc1ccc(S(=O)(=O)OC(=O)NC2CCN(C(=O)c3cc(N[C@@H](C)C4CC4)nc(-c4cnn5ccsc45)n3)CC2)cc1.O. The molecule has 43 heavy (non-hydrogen) atoms. The first-order chi connectivity index (χ1) is 20.2. The minimum atomic E-state index is -4.24. The third-order valence-electron chi connectivity index (χ3n) is 7.62. The van der Waals surface area contributed by atoms with Crippen molar-refractivity contribution in [2.45, 2.75) is 56.5 Å². The van der Waals surface area contributed by atoms with E-state index in [9.17, 15) is 18.0 Å². The summed E-state index contributed by atoms with van der Waals surface area (Å²) in [5.41, 5.74) is 1.92. The number of anilines is 1. The molecule has 0 unspecified atom stereocenters. The summed E-state index contributed by atoms with van der Waals surface area (Å²) in [6.07, 6.45) is 5.75. The largest absolute Gasteiger partial charge is 0.423 e. The van der Waals surface area contributed by atoms with Gasteiger partial charge in [-0.25, -0.2) is 19.3 Å². The first-order valence-corrected chi connectivity index (χ1v) is 16.1. The third kappa shape index (κ3) is 6.78. The van der Waals surface area contributed by atoms with Crippen LogP contribution in [0.5, 0.6) is 0 Å². The Morgan fingerprint density at radius 1 is 1.09 bits per heavy atom. The van der Waals surface area contributed by atoms with Crippen LogP contribution in [0.4, 0.5) is 10.6 Å². The second-order valence-corrected chi connectivity index (χ2v) is 13.2. The van der Waals surface area contributed by atoms with Gasteiger partial charge in [0.1, 0.15) is 21.2 Å². The van der Waals surface area contributed by atoms with Gasteiger partial charge in [-0.15, -0.1) is 11.3 Å². The van der Waals surface area contributed by atoms with Crippen molar-refractivity contribution in [1.82, 2.24) is 29.8 Å². The standard InChI is InChI=1S/C28H31N7O5S2.H2O/c1-17-3-7-21(8-4-17)42(38,39)40-28(37)31-20-9-11-34(12-10-20)26(36)23-15-24(30-18(2)19-5-6-19)33-25(32-23)22-16-29-35-13-14-41-27(22)35;/h3-4,7-8,13-16,18-20H,5-6,9-12H2,1-2H3,(H,31,37)(H,30,32,33);1H2/t18-;/m0./s1. The van der Waals surface area contributed by atoms with Crippen molar-refractivity contribution in [2.75, 3.05) is 18.4 Å². The summed E-state index contributed by atoms with van der Waals surface area (Å²) in [6, 6.07) is 7.62. The van der Waals surface area contributed by atoms with Crippen LogP contribution in [0.1, 0.15) is 48.7 Å². The smallest absolute Gasteiger partial charge is 0.412 e. The number of rotatable bonds is 8. The summed E-state index contributed by atoms with van der Waals surface area (Å²) in [5.74, 6) is 1.37. The molecule has 2 amide bonds. The predicted octanol–water partition coefficient (Wildman–Crippen LogP) is 3.27. The Labute approximate surface area is 252 Å². The maximum Gasteiger partial charge on any atom is 0.423 e. The molecule has 0 spiro atoms. The van der Waals surface area contributed by atoms with Crippen LogP contribution < -0.4 is 10.6 Å². The average molecular weight is 628 g/mol. The molecule has 1 atom stereocenters. The van der Waals surface area contributed by atoms with Crippen molar-refractivity contribution >= 4 is 44.1 Å². The fourth-order valence-corrected chi connectivity index (χ4v) is 6.62. The highest BCUT2D eigenvalue weighted by atomic mass is 32.2. The molecule has 1 aromatic carbocycles. The summed E-state index contributed by atoms with van der Waals surface area (Å²) in [4.78, 5) is 37.9. The predicted molar refractivity (Wildman–Crippen MR) is 160 cm³/mol. The number of hydrogen-bond acceptors (Lipinski definition) is 10. The van der Waals surface area contributed by atoms with Gasteiger partial charge in [-0.05, 0) is 57.6 Å². The van der Waals surface area contributed by atoms with Crippen LogP contribution in [-0.4, -0.2) is 75.5 Å². The van der Waals surface area contributed by atoms with Crippen LogP contribution in [0.2, 0.25) is 0 Å². The number of aryl methyl sites for hydroxylation is 1. The van der Waals surface area contributed by atoms with E-state index >= 15 is 0 Å². The first-order valence-electron chi connectivity index (χ1n) is 13.8. The molecule has 0 bridgehead atoms. The first kappa shape index (κ1) is 30.4. The average Bonchev–Trinajstić information content (AvgIpc) is 3.58. The monoisotopic (exact) mass is 627 g/mol. The molecule has 1 saturated heterocycles. The molecule has 2 aliphatic rings. The van der Waals surface area contributed by atoms with Crippen molar-refractivity contribution in [3.05, 3.63) is 59.4 Å². The van der Waals surface area contributed by atoms with Gasteiger partial charge < -0.3 is 25.2 Å². The van der Waals surface area contributed by atoms with Crippen LogP contribution in [-0.2, 0) is 14.3 Å². The Kier molecular flexibility index (Phi) is 8.66. The number of piperidine rings is 1.